The van der Waals surface area contributed by atoms with Crippen LogP contribution in [0.15, 0.2) is 22.7 Å². The molecule has 0 fully saturated rings. The van der Waals surface area contributed by atoms with Crippen LogP contribution in [0.5, 0.6) is 0 Å². The molecule has 2 aromatic rings. The van der Waals surface area contributed by atoms with E-state index in [0.717, 1.165) is 31.7 Å². The Kier molecular flexibility index (Phi) is 4.94. The van der Waals surface area contributed by atoms with Crippen LogP contribution < -0.4 is 5.73 Å². The van der Waals surface area contributed by atoms with E-state index in [2.05, 4.69) is 19.0 Å². The summed E-state index contributed by atoms with van der Waals surface area (Å²) in [6, 6.07) is 3.43. The highest BCUT2D eigenvalue weighted by Crippen LogP contribution is 2.38. The molecule has 2 N–H and O–H groups in total. The highest BCUT2D eigenvalue weighted by atomic mass is 19.1. The highest BCUT2D eigenvalue weighted by molar-refractivity contribution is 5.76. The van der Waals surface area contributed by atoms with Crippen LogP contribution in [0.3, 0.4) is 0 Å². The van der Waals surface area contributed by atoms with E-state index in [-0.39, 0.29) is 17.4 Å². The number of hydrogen-bond acceptors (Lipinski definition) is 3. The van der Waals surface area contributed by atoms with Gasteiger partial charge in [-0.3, -0.25) is 0 Å². The van der Waals surface area contributed by atoms with Crippen molar-refractivity contribution < 1.29 is 13.3 Å². The van der Waals surface area contributed by atoms with Crippen molar-refractivity contribution in [2.75, 3.05) is 5.73 Å². The summed E-state index contributed by atoms with van der Waals surface area (Å²) < 4.78 is 32.2. The zero-order valence-electron chi connectivity index (χ0n) is 12.3. The zero-order chi connectivity index (χ0) is 15.4. The Morgan fingerprint density at radius 1 is 1.29 bits per heavy atom. The number of rotatable bonds is 6. The average molecular weight is 294 g/mol. The molecule has 0 saturated heterocycles. The molecule has 0 aliphatic rings. The molecule has 1 heterocycles. The van der Waals surface area contributed by atoms with Crippen LogP contribution in [0.1, 0.15) is 51.1 Å². The number of aromatic nitrogens is 1. The second kappa shape index (κ2) is 6.70. The Balaban J connectivity index is 2.46. The molecule has 3 nitrogen and oxygen atoms in total. The number of benzene rings is 1. The number of unbranched alkanes of at least 4 members (excludes halogenated alkanes) is 1. The number of anilines is 1. The van der Waals surface area contributed by atoms with Gasteiger partial charge in [0, 0.05) is 17.5 Å². The lowest BCUT2D eigenvalue weighted by atomic mass is 9.90. The first-order valence-corrected chi connectivity index (χ1v) is 7.28. The first-order chi connectivity index (χ1) is 10.1. The number of hydrogen-bond donors (Lipinski definition) is 1. The first kappa shape index (κ1) is 15.5. The van der Waals surface area contributed by atoms with Crippen LogP contribution in [0.2, 0.25) is 0 Å². The lowest BCUT2D eigenvalue weighted by Crippen LogP contribution is -2.01. The van der Waals surface area contributed by atoms with E-state index in [4.69, 9.17) is 10.3 Å². The van der Waals surface area contributed by atoms with Crippen molar-refractivity contribution in [1.82, 2.24) is 5.16 Å². The third-order valence-corrected chi connectivity index (χ3v) is 3.73. The van der Waals surface area contributed by atoms with Crippen LogP contribution in [0.4, 0.5) is 14.7 Å². The molecule has 0 bridgehead atoms. The Morgan fingerprint density at radius 3 is 2.67 bits per heavy atom. The van der Waals surface area contributed by atoms with E-state index >= 15 is 0 Å². The van der Waals surface area contributed by atoms with E-state index < -0.39 is 11.6 Å². The number of nitrogens with zero attached hydrogens (tertiary/aromatic N) is 1. The maximum absolute atomic E-state index is 14.0. The molecule has 0 saturated carbocycles. The van der Waals surface area contributed by atoms with Gasteiger partial charge < -0.3 is 10.3 Å². The van der Waals surface area contributed by atoms with Crippen molar-refractivity contribution in [2.24, 2.45) is 0 Å². The van der Waals surface area contributed by atoms with Crippen molar-refractivity contribution >= 4 is 5.88 Å². The summed E-state index contributed by atoms with van der Waals surface area (Å²) in [6.07, 6.45) is 3.93. The lowest BCUT2D eigenvalue weighted by molar-refractivity contribution is 0.412. The number of halogens is 2. The molecule has 0 aliphatic heterocycles. The van der Waals surface area contributed by atoms with Gasteiger partial charge in [0.05, 0.1) is 11.3 Å². The molecular formula is C16H20F2N2O. The van der Waals surface area contributed by atoms with Crippen LogP contribution in [0.25, 0.3) is 11.1 Å². The van der Waals surface area contributed by atoms with Gasteiger partial charge in [-0.05, 0) is 25.0 Å². The molecule has 1 aromatic heterocycles. The van der Waals surface area contributed by atoms with E-state index in [1.54, 1.807) is 0 Å². The Bertz CT molecular complexity index is 610. The third kappa shape index (κ3) is 3.23. The van der Waals surface area contributed by atoms with Crippen molar-refractivity contribution in [2.45, 2.75) is 45.4 Å². The molecule has 1 aromatic carbocycles. The monoisotopic (exact) mass is 294 g/mol. The number of nitrogens with two attached hydrogens (primary N) is 1. The maximum Gasteiger partial charge on any atom is 0.230 e. The largest absolute Gasteiger partial charge is 0.367 e. The second-order valence-corrected chi connectivity index (χ2v) is 5.18. The topological polar surface area (TPSA) is 52.0 Å². The van der Waals surface area contributed by atoms with Gasteiger partial charge in [0.25, 0.3) is 0 Å². The van der Waals surface area contributed by atoms with Gasteiger partial charge in [-0.1, -0.05) is 31.8 Å². The zero-order valence-corrected chi connectivity index (χ0v) is 12.3. The predicted octanol–water partition coefficient (Wildman–Crippen LogP) is 4.89. The van der Waals surface area contributed by atoms with Crippen molar-refractivity contribution in [1.29, 1.82) is 0 Å². The number of nitrogen functional groups attached to an aromatic ring is 1. The average Bonchev–Trinajstić information content (AvgIpc) is 2.82. The standard InChI is InChI=1S/C16H20F2N2O/c1-3-5-6-10(4-2)15-14(16(19)21-20-15)12-8-7-11(17)9-13(12)18/h7-10H,3-6,19H2,1-2H3. The SMILES string of the molecule is CCCCC(CC)c1noc(N)c1-c1ccc(F)cc1F. The Labute approximate surface area is 123 Å². The smallest absolute Gasteiger partial charge is 0.230 e. The van der Waals surface area contributed by atoms with E-state index in [9.17, 15) is 8.78 Å². The van der Waals surface area contributed by atoms with Crippen LogP contribution in [-0.2, 0) is 0 Å². The predicted molar refractivity (Wildman–Crippen MR) is 78.8 cm³/mol. The molecule has 114 valence electrons. The fourth-order valence-corrected chi connectivity index (χ4v) is 2.54. The van der Waals surface area contributed by atoms with Gasteiger partial charge in [0.2, 0.25) is 5.88 Å². The molecule has 0 spiro atoms. The summed E-state index contributed by atoms with van der Waals surface area (Å²) in [5.41, 5.74) is 7.16. The molecule has 0 aliphatic carbocycles. The van der Waals surface area contributed by atoms with Crippen molar-refractivity contribution in [3.63, 3.8) is 0 Å². The molecule has 2 rings (SSSR count). The summed E-state index contributed by atoms with van der Waals surface area (Å²) >= 11 is 0. The minimum atomic E-state index is -0.656. The van der Waals surface area contributed by atoms with Crippen molar-refractivity contribution in [3.8, 4) is 11.1 Å². The van der Waals surface area contributed by atoms with Crippen molar-refractivity contribution in [3.05, 3.63) is 35.5 Å². The van der Waals surface area contributed by atoms with Gasteiger partial charge in [-0.2, -0.15) is 0 Å². The normalized spacial score (nSPS) is 12.6. The fraction of sp³-hybridized carbons (Fsp3) is 0.438. The van der Waals surface area contributed by atoms with Crippen LogP contribution >= 0.6 is 0 Å². The van der Waals surface area contributed by atoms with E-state index in [0.29, 0.717) is 11.3 Å². The minimum absolute atomic E-state index is 0.0745. The molecule has 0 amide bonds. The minimum Gasteiger partial charge on any atom is -0.367 e. The van der Waals surface area contributed by atoms with E-state index in [1.165, 1.54) is 12.1 Å². The summed E-state index contributed by atoms with van der Waals surface area (Å²) in [7, 11) is 0. The Morgan fingerprint density at radius 2 is 2.05 bits per heavy atom. The van der Waals surface area contributed by atoms with Crippen LogP contribution in [-0.4, -0.2) is 5.16 Å². The molecule has 0 radical (unpaired) electrons. The summed E-state index contributed by atoms with van der Waals surface area (Å²) in [5.74, 6) is -1.04. The van der Waals surface area contributed by atoms with Gasteiger partial charge >= 0.3 is 0 Å². The lowest BCUT2D eigenvalue weighted by Gasteiger charge is -2.13. The second-order valence-electron chi connectivity index (χ2n) is 5.18. The fourth-order valence-electron chi connectivity index (χ4n) is 2.54. The third-order valence-electron chi connectivity index (χ3n) is 3.73. The van der Waals surface area contributed by atoms with Crippen LogP contribution in [0, 0.1) is 11.6 Å². The molecule has 1 unspecified atom stereocenters. The molecule has 1 atom stereocenters. The van der Waals surface area contributed by atoms with Gasteiger partial charge in [0.15, 0.2) is 0 Å². The van der Waals surface area contributed by atoms with Gasteiger partial charge in [-0.25, -0.2) is 8.78 Å². The first-order valence-electron chi connectivity index (χ1n) is 7.28. The van der Waals surface area contributed by atoms with Gasteiger partial charge in [-0.15, -0.1) is 0 Å². The molecule has 5 heteroatoms. The Hall–Kier alpha value is -1.91. The summed E-state index contributed by atoms with van der Waals surface area (Å²) in [4.78, 5) is 0. The summed E-state index contributed by atoms with van der Waals surface area (Å²) in [6.45, 7) is 4.17. The maximum atomic E-state index is 14.0. The van der Waals surface area contributed by atoms with E-state index in [1.807, 2.05) is 0 Å². The quantitative estimate of drug-likeness (QED) is 0.825. The molecular weight excluding hydrogens is 274 g/mol. The van der Waals surface area contributed by atoms with Gasteiger partial charge in [0.1, 0.15) is 11.6 Å². The summed E-state index contributed by atoms with van der Waals surface area (Å²) in [5, 5.41) is 4.02. The molecule has 21 heavy (non-hydrogen) atoms. The highest BCUT2D eigenvalue weighted by Gasteiger charge is 2.24.